The minimum atomic E-state index is -0.818. The van der Waals surface area contributed by atoms with Crippen LogP contribution in [0.15, 0.2) is 5.38 Å². The van der Waals surface area contributed by atoms with Crippen molar-refractivity contribution in [2.45, 2.75) is 38.1 Å². The van der Waals surface area contributed by atoms with Crippen molar-refractivity contribution in [2.24, 2.45) is 5.73 Å². The Morgan fingerprint density at radius 1 is 1.53 bits per heavy atom. The van der Waals surface area contributed by atoms with Gasteiger partial charge in [0.25, 0.3) is 0 Å². The lowest BCUT2D eigenvalue weighted by atomic mass is 9.90. The molecule has 3 N–H and O–H groups in total. The van der Waals surface area contributed by atoms with E-state index in [1.54, 1.807) is 0 Å². The molecule has 19 heavy (non-hydrogen) atoms. The number of aromatic nitrogens is 1. The van der Waals surface area contributed by atoms with Gasteiger partial charge in [-0.1, -0.05) is 13.8 Å². The lowest BCUT2D eigenvalue weighted by molar-refractivity contribution is -0.124. The first-order valence-corrected chi connectivity index (χ1v) is 7.03. The van der Waals surface area contributed by atoms with Gasteiger partial charge in [0.2, 0.25) is 5.91 Å². The summed E-state index contributed by atoms with van der Waals surface area (Å²) in [5, 5.41) is 5.41. The Kier molecular flexibility index (Phi) is 5.73. The molecule has 0 atom stereocenters. The van der Waals surface area contributed by atoms with Crippen LogP contribution in [-0.2, 0) is 9.53 Å². The third-order valence-electron chi connectivity index (χ3n) is 3.17. The number of carbonyl (C=O) groups is 1. The largest absolute Gasteiger partial charge is 0.381 e. The van der Waals surface area contributed by atoms with Gasteiger partial charge in [-0.2, -0.15) is 0 Å². The number of nitrogens with one attached hydrogen (secondary N) is 1. The van der Waals surface area contributed by atoms with Crippen LogP contribution in [0.1, 0.15) is 38.3 Å². The summed E-state index contributed by atoms with van der Waals surface area (Å²) >= 11 is 1.44. The third kappa shape index (κ3) is 3.89. The van der Waals surface area contributed by atoms with Gasteiger partial charge >= 0.3 is 0 Å². The maximum absolute atomic E-state index is 12.1. The fourth-order valence-corrected chi connectivity index (χ4v) is 2.66. The van der Waals surface area contributed by atoms with Crippen molar-refractivity contribution >= 4 is 34.8 Å². The highest BCUT2D eigenvalue weighted by Gasteiger charge is 2.36. The van der Waals surface area contributed by atoms with Crippen LogP contribution in [0.4, 0.5) is 5.13 Å². The van der Waals surface area contributed by atoms with Crippen LogP contribution < -0.4 is 11.1 Å². The minimum absolute atomic E-state index is 0. The highest BCUT2D eigenvalue weighted by Crippen LogP contribution is 2.24. The molecule has 1 aliphatic rings. The van der Waals surface area contributed by atoms with Gasteiger partial charge in [-0.25, -0.2) is 4.98 Å². The van der Waals surface area contributed by atoms with E-state index in [-0.39, 0.29) is 18.3 Å². The molecule has 0 bridgehead atoms. The van der Waals surface area contributed by atoms with Gasteiger partial charge in [0, 0.05) is 18.6 Å². The molecule has 2 rings (SSSR count). The summed E-state index contributed by atoms with van der Waals surface area (Å²) in [5.41, 5.74) is 6.28. The molecule has 2 heterocycles. The maximum Gasteiger partial charge on any atom is 0.246 e. The van der Waals surface area contributed by atoms with Gasteiger partial charge < -0.3 is 15.8 Å². The van der Waals surface area contributed by atoms with Crippen LogP contribution in [0.3, 0.4) is 0 Å². The standard InChI is InChI=1S/C12H19N3O2S.ClH/c1-8(2)9-7-18-11(14-9)15-10(16)12(13)3-5-17-6-4-12;/h7-8H,3-6,13H2,1-2H3,(H,14,15,16);1H. The number of rotatable bonds is 3. The molecule has 1 aromatic heterocycles. The van der Waals surface area contributed by atoms with Crippen LogP contribution >= 0.6 is 23.7 Å². The van der Waals surface area contributed by atoms with E-state index in [0.29, 0.717) is 37.1 Å². The van der Waals surface area contributed by atoms with Crippen LogP contribution in [0, 0.1) is 0 Å². The maximum atomic E-state index is 12.1. The fraction of sp³-hybridized carbons (Fsp3) is 0.667. The van der Waals surface area contributed by atoms with Crippen molar-refractivity contribution in [2.75, 3.05) is 18.5 Å². The van der Waals surface area contributed by atoms with Crippen molar-refractivity contribution in [1.29, 1.82) is 0 Å². The molecule has 7 heteroatoms. The second kappa shape index (κ2) is 6.65. The summed E-state index contributed by atoms with van der Waals surface area (Å²) in [6.07, 6.45) is 1.11. The van der Waals surface area contributed by atoms with Crippen molar-refractivity contribution in [1.82, 2.24) is 4.98 Å². The molecule has 0 spiro atoms. The van der Waals surface area contributed by atoms with E-state index in [4.69, 9.17) is 10.5 Å². The Hall–Kier alpha value is -0.690. The zero-order valence-electron chi connectivity index (χ0n) is 11.1. The van der Waals surface area contributed by atoms with Gasteiger partial charge in [-0.05, 0) is 18.8 Å². The first kappa shape index (κ1) is 16.4. The van der Waals surface area contributed by atoms with E-state index < -0.39 is 5.54 Å². The zero-order chi connectivity index (χ0) is 13.2. The molecule has 1 saturated heterocycles. The molecule has 1 fully saturated rings. The highest BCUT2D eigenvalue weighted by atomic mass is 35.5. The molecule has 1 aliphatic heterocycles. The molecular formula is C12H20ClN3O2S. The summed E-state index contributed by atoms with van der Waals surface area (Å²) in [5.74, 6) is 0.206. The van der Waals surface area contributed by atoms with Crippen molar-refractivity contribution in [3.63, 3.8) is 0 Å². The number of nitrogens with zero attached hydrogens (tertiary/aromatic N) is 1. The Labute approximate surface area is 123 Å². The quantitative estimate of drug-likeness (QED) is 0.897. The Morgan fingerprint density at radius 2 is 2.16 bits per heavy atom. The van der Waals surface area contributed by atoms with Gasteiger partial charge in [0.1, 0.15) is 5.54 Å². The zero-order valence-corrected chi connectivity index (χ0v) is 12.8. The summed E-state index contributed by atoms with van der Waals surface area (Å²) < 4.78 is 5.23. The van der Waals surface area contributed by atoms with Crippen LogP contribution in [0.2, 0.25) is 0 Å². The lowest BCUT2D eigenvalue weighted by Crippen LogP contribution is -2.54. The number of hydrogen-bond acceptors (Lipinski definition) is 5. The van der Waals surface area contributed by atoms with Gasteiger partial charge in [-0.15, -0.1) is 23.7 Å². The number of thiazole rings is 1. The van der Waals surface area contributed by atoms with Crippen molar-refractivity contribution in [3.05, 3.63) is 11.1 Å². The normalized spacial score (nSPS) is 17.9. The molecular weight excluding hydrogens is 286 g/mol. The van der Waals surface area contributed by atoms with Crippen LogP contribution in [0.5, 0.6) is 0 Å². The smallest absolute Gasteiger partial charge is 0.246 e. The minimum Gasteiger partial charge on any atom is -0.381 e. The molecule has 0 aliphatic carbocycles. The van der Waals surface area contributed by atoms with Crippen LogP contribution in [0.25, 0.3) is 0 Å². The SMILES string of the molecule is CC(C)c1csc(NC(=O)C2(N)CCOCC2)n1.Cl. The number of anilines is 1. The van der Waals surface area contributed by atoms with Gasteiger partial charge in [0.15, 0.2) is 5.13 Å². The first-order valence-electron chi connectivity index (χ1n) is 6.15. The summed E-state index contributed by atoms with van der Waals surface area (Å²) in [7, 11) is 0. The molecule has 108 valence electrons. The van der Waals surface area contributed by atoms with Gasteiger partial charge in [-0.3, -0.25) is 4.79 Å². The van der Waals surface area contributed by atoms with Crippen molar-refractivity contribution < 1.29 is 9.53 Å². The summed E-state index contributed by atoms with van der Waals surface area (Å²) in [4.78, 5) is 16.5. The monoisotopic (exact) mass is 305 g/mol. The Balaban J connectivity index is 0.00000180. The van der Waals surface area contributed by atoms with E-state index in [1.165, 1.54) is 11.3 Å². The predicted octanol–water partition coefficient (Wildman–Crippen LogP) is 2.13. The molecule has 0 saturated carbocycles. The third-order valence-corrected chi connectivity index (χ3v) is 3.95. The second-order valence-electron chi connectivity index (χ2n) is 4.95. The molecule has 1 aromatic rings. The molecule has 0 aromatic carbocycles. The fourth-order valence-electron chi connectivity index (χ4n) is 1.79. The molecule has 0 radical (unpaired) electrons. The second-order valence-corrected chi connectivity index (χ2v) is 5.81. The molecule has 1 amide bonds. The average Bonchev–Trinajstić information content (AvgIpc) is 2.78. The molecule has 0 unspecified atom stereocenters. The average molecular weight is 306 g/mol. The summed E-state index contributed by atoms with van der Waals surface area (Å²) in [6.45, 7) is 5.23. The Morgan fingerprint density at radius 3 is 2.68 bits per heavy atom. The number of amides is 1. The number of halogens is 1. The number of carbonyl (C=O) groups excluding carboxylic acids is 1. The number of ether oxygens (including phenoxy) is 1. The molecule has 5 nitrogen and oxygen atoms in total. The predicted molar refractivity (Wildman–Crippen MR) is 79.1 cm³/mol. The van der Waals surface area contributed by atoms with E-state index in [9.17, 15) is 4.79 Å². The topological polar surface area (TPSA) is 77.2 Å². The van der Waals surface area contributed by atoms with Gasteiger partial charge in [0.05, 0.1) is 5.69 Å². The first-order chi connectivity index (χ1) is 8.51. The van der Waals surface area contributed by atoms with Crippen molar-refractivity contribution in [3.8, 4) is 0 Å². The van der Waals surface area contributed by atoms with E-state index in [0.717, 1.165) is 5.69 Å². The van der Waals surface area contributed by atoms with E-state index >= 15 is 0 Å². The number of nitrogens with two attached hydrogens (primary N) is 1. The lowest BCUT2D eigenvalue weighted by Gasteiger charge is -2.31. The number of hydrogen-bond donors (Lipinski definition) is 2. The van der Waals surface area contributed by atoms with Crippen LogP contribution in [-0.4, -0.2) is 29.6 Å². The van der Waals surface area contributed by atoms with E-state index in [2.05, 4.69) is 24.1 Å². The highest BCUT2D eigenvalue weighted by molar-refractivity contribution is 7.13. The van der Waals surface area contributed by atoms with E-state index in [1.807, 2.05) is 5.38 Å². The summed E-state index contributed by atoms with van der Waals surface area (Å²) in [6, 6.07) is 0. The Bertz CT molecular complexity index is 430.